The first kappa shape index (κ1) is 25.5. The number of aliphatic imine (C=N–C) groups is 1. The molecular formula is C27H35FN4O2S. The van der Waals surface area contributed by atoms with Gasteiger partial charge in [-0.05, 0) is 76.5 Å². The van der Waals surface area contributed by atoms with Crippen molar-refractivity contribution in [2.75, 3.05) is 32.7 Å². The van der Waals surface area contributed by atoms with E-state index in [1.165, 1.54) is 29.6 Å². The quantitative estimate of drug-likeness (QED) is 0.550. The van der Waals surface area contributed by atoms with Crippen LogP contribution in [0.15, 0.2) is 76.4 Å². The van der Waals surface area contributed by atoms with E-state index in [1.807, 2.05) is 30.3 Å². The molecule has 2 heterocycles. The lowest BCUT2D eigenvalue weighted by Crippen LogP contribution is -2.38. The maximum atomic E-state index is 13.7. The first-order valence-electron chi connectivity index (χ1n) is 12.4. The van der Waals surface area contributed by atoms with Crippen molar-refractivity contribution < 1.29 is 12.8 Å². The second-order valence-electron chi connectivity index (χ2n) is 9.41. The highest BCUT2D eigenvalue weighted by molar-refractivity contribution is 7.89. The van der Waals surface area contributed by atoms with E-state index in [1.54, 1.807) is 0 Å². The van der Waals surface area contributed by atoms with Gasteiger partial charge in [-0.1, -0.05) is 36.4 Å². The minimum absolute atomic E-state index is 0.0584. The molecule has 188 valence electrons. The van der Waals surface area contributed by atoms with Crippen molar-refractivity contribution in [2.45, 2.75) is 44.0 Å². The Morgan fingerprint density at radius 2 is 1.86 bits per heavy atom. The Morgan fingerprint density at radius 3 is 2.54 bits per heavy atom. The Morgan fingerprint density at radius 1 is 1.11 bits per heavy atom. The Hall–Kier alpha value is -2.55. The van der Waals surface area contributed by atoms with Gasteiger partial charge >= 0.3 is 0 Å². The van der Waals surface area contributed by atoms with Crippen LogP contribution in [0.4, 0.5) is 4.39 Å². The van der Waals surface area contributed by atoms with Crippen molar-refractivity contribution in [3.8, 4) is 0 Å². The molecule has 1 saturated heterocycles. The minimum Gasteiger partial charge on any atom is -0.371 e. The third-order valence-corrected chi connectivity index (χ3v) is 8.29. The smallest absolute Gasteiger partial charge is 0.241 e. The molecule has 0 unspecified atom stereocenters. The monoisotopic (exact) mass is 498 g/mol. The molecule has 2 aliphatic heterocycles. The second-order valence-corrected chi connectivity index (χ2v) is 11.1. The van der Waals surface area contributed by atoms with Crippen LogP contribution in [0.25, 0.3) is 0 Å². The van der Waals surface area contributed by atoms with Crippen molar-refractivity contribution in [3.05, 3.63) is 77.9 Å². The maximum Gasteiger partial charge on any atom is 0.241 e. The molecule has 0 aliphatic carbocycles. The van der Waals surface area contributed by atoms with Crippen molar-refractivity contribution in [1.29, 1.82) is 0 Å². The summed E-state index contributed by atoms with van der Waals surface area (Å²) in [6.07, 6.45) is 4.95. The highest BCUT2D eigenvalue weighted by Gasteiger charge is 2.26. The average Bonchev–Trinajstić information content (AvgIpc) is 2.87. The van der Waals surface area contributed by atoms with Crippen LogP contribution in [0.2, 0.25) is 0 Å². The van der Waals surface area contributed by atoms with E-state index in [4.69, 9.17) is 4.99 Å². The zero-order valence-electron chi connectivity index (χ0n) is 20.5. The number of likely N-dealkylation sites (tertiary alicyclic amines) is 1. The van der Waals surface area contributed by atoms with Gasteiger partial charge in [0.2, 0.25) is 10.0 Å². The van der Waals surface area contributed by atoms with Gasteiger partial charge in [0, 0.05) is 30.4 Å². The highest BCUT2D eigenvalue weighted by Crippen LogP contribution is 2.29. The summed E-state index contributed by atoms with van der Waals surface area (Å²) in [5, 5.41) is 0. The Bertz CT molecular complexity index is 1160. The molecule has 1 N–H and O–H groups in total. The normalized spacial score (nSPS) is 18.8. The third-order valence-electron chi connectivity index (χ3n) is 6.82. The predicted octanol–water partition coefficient (Wildman–Crippen LogP) is 4.59. The van der Waals surface area contributed by atoms with E-state index in [0.29, 0.717) is 12.3 Å². The summed E-state index contributed by atoms with van der Waals surface area (Å²) in [7, 11) is -3.85. The number of piperidine rings is 1. The maximum absolute atomic E-state index is 13.7. The molecule has 2 aliphatic rings. The molecule has 6 nitrogen and oxygen atoms in total. The molecule has 0 spiro atoms. The van der Waals surface area contributed by atoms with Gasteiger partial charge in [-0.25, -0.2) is 17.5 Å². The van der Waals surface area contributed by atoms with E-state index < -0.39 is 21.9 Å². The molecular weight excluding hydrogens is 463 g/mol. The topological polar surface area (TPSA) is 65.0 Å². The fourth-order valence-electron chi connectivity index (χ4n) is 4.84. The van der Waals surface area contributed by atoms with E-state index in [9.17, 15) is 12.8 Å². The zero-order chi connectivity index (χ0) is 24.8. The summed E-state index contributed by atoms with van der Waals surface area (Å²) in [6.45, 7) is 8.86. The number of hydrogen-bond donors (Lipinski definition) is 1. The molecule has 35 heavy (non-hydrogen) atoms. The molecule has 1 fully saturated rings. The average molecular weight is 499 g/mol. The third kappa shape index (κ3) is 6.78. The van der Waals surface area contributed by atoms with Gasteiger partial charge in [-0.3, -0.25) is 4.99 Å². The highest BCUT2D eigenvalue weighted by atomic mass is 32.2. The van der Waals surface area contributed by atoms with Crippen LogP contribution in [0.1, 0.15) is 44.7 Å². The van der Waals surface area contributed by atoms with Crippen LogP contribution >= 0.6 is 0 Å². The SMILES string of the molecule is CCN1C=C(C2CCN(CC[C@@H](NS(=O)(=O)c3cccc(F)c3)c3ccccc3)CC2)N=C(C)C1. The van der Waals surface area contributed by atoms with Crippen molar-refractivity contribution in [2.24, 2.45) is 10.9 Å². The summed E-state index contributed by atoms with van der Waals surface area (Å²) < 4.78 is 42.5. The van der Waals surface area contributed by atoms with Crippen LogP contribution in [-0.4, -0.2) is 56.7 Å². The van der Waals surface area contributed by atoms with E-state index >= 15 is 0 Å². The number of halogens is 1. The molecule has 0 radical (unpaired) electrons. The fourth-order valence-corrected chi connectivity index (χ4v) is 6.13. The largest absolute Gasteiger partial charge is 0.371 e. The van der Waals surface area contributed by atoms with Gasteiger partial charge in [0.1, 0.15) is 5.82 Å². The van der Waals surface area contributed by atoms with Crippen molar-refractivity contribution in [1.82, 2.24) is 14.5 Å². The second kappa shape index (κ2) is 11.5. The number of sulfonamides is 1. The molecule has 2 aromatic rings. The van der Waals surface area contributed by atoms with Crippen LogP contribution in [0.5, 0.6) is 0 Å². The first-order valence-corrected chi connectivity index (χ1v) is 13.9. The predicted molar refractivity (Wildman–Crippen MR) is 138 cm³/mol. The summed E-state index contributed by atoms with van der Waals surface area (Å²) in [4.78, 5) is 9.50. The summed E-state index contributed by atoms with van der Waals surface area (Å²) in [5.41, 5.74) is 3.27. The zero-order valence-corrected chi connectivity index (χ0v) is 21.3. The molecule has 0 amide bonds. The summed E-state index contributed by atoms with van der Waals surface area (Å²) in [5.74, 6) is -0.103. The number of benzene rings is 2. The van der Waals surface area contributed by atoms with Crippen molar-refractivity contribution in [3.63, 3.8) is 0 Å². The van der Waals surface area contributed by atoms with Gasteiger partial charge < -0.3 is 9.80 Å². The molecule has 4 rings (SSSR count). The van der Waals surface area contributed by atoms with E-state index in [-0.39, 0.29) is 4.90 Å². The van der Waals surface area contributed by atoms with E-state index in [2.05, 4.69) is 34.6 Å². The molecule has 0 aromatic heterocycles. The molecule has 0 bridgehead atoms. The number of nitrogens with zero attached hydrogens (tertiary/aromatic N) is 3. The van der Waals surface area contributed by atoms with Crippen LogP contribution in [0.3, 0.4) is 0 Å². The fraction of sp³-hybridized carbons (Fsp3) is 0.444. The molecule has 0 saturated carbocycles. The van der Waals surface area contributed by atoms with Gasteiger partial charge in [0.05, 0.1) is 17.1 Å². The van der Waals surface area contributed by atoms with Gasteiger partial charge in [0.25, 0.3) is 0 Å². The Labute approximate surface area is 208 Å². The number of allylic oxidation sites excluding steroid dienone is 1. The Balaban J connectivity index is 1.39. The lowest BCUT2D eigenvalue weighted by molar-refractivity contribution is 0.190. The first-order chi connectivity index (χ1) is 16.8. The Kier molecular flexibility index (Phi) is 8.36. The number of hydrogen-bond acceptors (Lipinski definition) is 5. The molecule has 2 aromatic carbocycles. The number of rotatable bonds is 9. The molecule has 8 heteroatoms. The van der Waals surface area contributed by atoms with Gasteiger partial charge in [0.15, 0.2) is 0 Å². The minimum atomic E-state index is -3.85. The van der Waals surface area contributed by atoms with Gasteiger partial charge in [-0.15, -0.1) is 0 Å². The number of nitrogens with one attached hydrogen (secondary N) is 1. The molecule has 1 atom stereocenters. The summed E-state index contributed by atoms with van der Waals surface area (Å²) >= 11 is 0. The van der Waals surface area contributed by atoms with Crippen LogP contribution < -0.4 is 4.72 Å². The van der Waals surface area contributed by atoms with Crippen LogP contribution in [0, 0.1) is 11.7 Å². The standard InChI is InChI=1S/C27H35FN4O2S/c1-3-31-19-21(2)29-27(20-31)23-12-15-32(16-13-23)17-14-26(22-8-5-4-6-9-22)30-35(33,34)25-11-7-10-24(28)18-25/h4-11,18,20,23,26,30H,3,12-17,19H2,1-2H3/t26-/m1/s1. The van der Waals surface area contributed by atoms with E-state index in [0.717, 1.165) is 57.2 Å². The lowest BCUT2D eigenvalue weighted by atomic mass is 9.92. The lowest BCUT2D eigenvalue weighted by Gasteiger charge is -2.35. The summed E-state index contributed by atoms with van der Waals surface area (Å²) in [6, 6.07) is 14.3. The van der Waals surface area contributed by atoms with Crippen molar-refractivity contribution >= 4 is 15.7 Å². The van der Waals surface area contributed by atoms with Gasteiger partial charge in [-0.2, -0.15) is 0 Å². The van der Waals surface area contributed by atoms with Crippen LogP contribution in [-0.2, 0) is 10.0 Å².